The van der Waals surface area contributed by atoms with Gasteiger partial charge in [0.05, 0.1) is 14.2 Å². The maximum Gasteiger partial charge on any atom is 0.160 e. The van der Waals surface area contributed by atoms with Gasteiger partial charge in [0.15, 0.2) is 11.5 Å². The highest BCUT2D eigenvalue weighted by Crippen LogP contribution is 2.27. The van der Waals surface area contributed by atoms with Crippen LogP contribution in [0.2, 0.25) is 0 Å². The first-order chi connectivity index (χ1) is 10.1. The Balaban J connectivity index is 2.27. The van der Waals surface area contributed by atoms with Crippen LogP contribution in [0.4, 0.5) is 0 Å². The number of rotatable bonds is 10. The van der Waals surface area contributed by atoms with E-state index in [1.165, 1.54) is 5.56 Å². The van der Waals surface area contributed by atoms with Crippen molar-refractivity contribution in [3.05, 3.63) is 23.8 Å². The summed E-state index contributed by atoms with van der Waals surface area (Å²) in [4.78, 5) is 0. The number of ether oxygens (including phenoxy) is 2. The Morgan fingerprint density at radius 3 is 2.33 bits per heavy atom. The van der Waals surface area contributed by atoms with Crippen LogP contribution in [0.5, 0.6) is 11.5 Å². The third kappa shape index (κ3) is 6.82. The van der Waals surface area contributed by atoms with E-state index in [-0.39, 0.29) is 0 Å². The van der Waals surface area contributed by atoms with E-state index in [1.54, 1.807) is 14.2 Å². The van der Waals surface area contributed by atoms with Crippen molar-refractivity contribution >= 4 is 0 Å². The Morgan fingerprint density at radius 2 is 1.71 bits per heavy atom. The van der Waals surface area contributed by atoms with Crippen LogP contribution in [0, 0.1) is 0 Å². The lowest BCUT2D eigenvalue weighted by atomic mass is 10.1. The number of nitrogens with one attached hydrogen (secondary N) is 2. The molecule has 0 fully saturated rings. The smallest absolute Gasteiger partial charge is 0.160 e. The van der Waals surface area contributed by atoms with Gasteiger partial charge < -0.3 is 20.1 Å². The van der Waals surface area contributed by atoms with Gasteiger partial charge in [-0.05, 0) is 50.6 Å². The summed E-state index contributed by atoms with van der Waals surface area (Å²) in [6.45, 7) is 8.61. The van der Waals surface area contributed by atoms with Crippen LogP contribution >= 0.6 is 0 Å². The molecule has 4 heteroatoms. The summed E-state index contributed by atoms with van der Waals surface area (Å²) in [5, 5.41) is 7.00. The van der Waals surface area contributed by atoms with Crippen molar-refractivity contribution in [2.24, 2.45) is 0 Å². The molecule has 0 saturated heterocycles. The molecule has 0 saturated carbocycles. The van der Waals surface area contributed by atoms with Gasteiger partial charge in [0, 0.05) is 12.1 Å². The summed E-state index contributed by atoms with van der Waals surface area (Å²) in [5.41, 5.74) is 1.26. The highest BCUT2D eigenvalue weighted by molar-refractivity contribution is 5.42. The fourth-order valence-electron chi connectivity index (χ4n) is 2.36. The number of methoxy groups -OCH3 is 2. The molecule has 0 amide bonds. The second-order valence-corrected chi connectivity index (χ2v) is 5.70. The van der Waals surface area contributed by atoms with E-state index in [0.29, 0.717) is 12.1 Å². The standard InChI is InChI=1S/C17H30N2O2/c1-13(2)19-14(3)8-10-18-11-9-15-6-7-16(20-4)17(12-15)21-5/h6-7,12-14,18-19H,8-11H2,1-5H3. The van der Waals surface area contributed by atoms with E-state index >= 15 is 0 Å². The Morgan fingerprint density at radius 1 is 1.00 bits per heavy atom. The maximum absolute atomic E-state index is 5.32. The van der Waals surface area contributed by atoms with E-state index in [9.17, 15) is 0 Å². The van der Waals surface area contributed by atoms with Crippen LogP contribution in [0.25, 0.3) is 0 Å². The van der Waals surface area contributed by atoms with Crippen LogP contribution in [0.3, 0.4) is 0 Å². The van der Waals surface area contributed by atoms with Gasteiger partial charge in [0.25, 0.3) is 0 Å². The van der Waals surface area contributed by atoms with E-state index in [0.717, 1.165) is 37.4 Å². The van der Waals surface area contributed by atoms with Crippen LogP contribution < -0.4 is 20.1 Å². The summed E-state index contributed by atoms with van der Waals surface area (Å²) in [6.07, 6.45) is 2.14. The molecule has 2 N–H and O–H groups in total. The first-order valence-electron chi connectivity index (χ1n) is 7.74. The zero-order valence-corrected chi connectivity index (χ0v) is 14.0. The van der Waals surface area contributed by atoms with Gasteiger partial charge in [-0.1, -0.05) is 19.9 Å². The summed E-state index contributed by atoms with van der Waals surface area (Å²) >= 11 is 0. The lowest BCUT2D eigenvalue weighted by molar-refractivity contribution is 0.354. The zero-order chi connectivity index (χ0) is 15.7. The molecule has 0 aromatic heterocycles. The van der Waals surface area contributed by atoms with Crippen LogP contribution in [0.15, 0.2) is 18.2 Å². The molecule has 0 bridgehead atoms. The molecule has 1 atom stereocenters. The summed E-state index contributed by atoms with van der Waals surface area (Å²) in [5.74, 6) is 1.58. The summed E-state index contributed by atoms with van der Waals surface area (Å²) < 4.78 is 10.6. The lowest BCUT2D eigenvalue weighted by Crippen LogP contribution is -2.35. The largest absolute Gasteiger partial charge is 0.493 e. The molecule has 0 radical (unpaired) electrons. The SMILES string of the molecule is COc1ccc(CCNCCC(C)NC(C)C)cc1OC. The molecule has 0 aliphatic carbocycles. The average Bonchev–Trinajstić information content (AvgIpc) is 2.45. The highest BCUT2D eigenvalue weighted by atomic mass is 16.5. The van der Waals surface area contributed by atoms with Crippen LogP contribution in [-0.4, -0.2) is 39.4 Å². The third-order valence-electron chi connectivity index (χ3n) is 3.41. The molecule has 0 spiro atoms. The van der Waals surface area contributed by atoms with Gasteiger partial charge in [-0.15, -0.1) is 0 Å². The van der Waals surface area contributed by atoms with Gasteiger partial charge in [-0.3, -0.25) is 0 Å². The normalized spacial score (nSPS) is 12.5. The second kappa shape index (κ2) is 9.64. The Kier molecular flexibility index (Phi) is 8.16. The number of benzene rings is 1. The summed E-state index contributed by atoms with van der Waals surface area (Å²) in [7, 11) is 3.33. The molecular formula is C17H30N2O2. The molecule has 4 nitrogen and oxygen atoms in total. The predicted octanol–water partition coefficient (Wildman–Crippen LogP) is 2.61. The fourth-order valence-corrected chi connectivity index (χ4v) is 2.36. The van der Waals surface area contributed by atoms with Crippen molar-refractivity contribution in [2.75, 3.05) is 27.3 Å². The molecule has 21 heavy (non-hydrogen) atoms. The van der Waals surface area contributed by atoms with Crippen molar-refractivity contribution < 1.29 is 9.47 Å². The first kappa shape index (κ1) is 17.8. The predicted molar refractivity (Wildman–Crippen MR) is 88.5 cm³/mol. The molecule has 1 aromatic carbocycles. The molecule has 1 unspecified atom stereocenters. The van der Waals surface area contributed by atoms with Gasteiger partial charge in [0.1, 0.15) is 0 Å². The van der Waals surface area contributed by atoms with Crippen molar-refractivity contribution in [1.29, 1.82) is 0 Å². The minimum atomic E-state index is 0.548. The first-order valence-corrected chi connectivity index (χ1v) is 7.74. The molecule has 0 aliphatic rings. The number of hydrogen-bond donors (Lipinski definition) is 2. The van der Waals surface area contributed by atoms with Crippen molar-refractivity contribution in [3.63, 3.8) is 0 Å². The zero-order valence-electron chi connectivity index (χ0n) is 14.0. The van der Waals surface area contributed by atoms with E-state index < -0.39 is 0 Å². The third-order valence-corrected chi connectivity index (χ3v) is 3.41. The van der Waals surface area contributed by atoms with E-state index in [2.05, 4.69) is 37.5 Å². The van der Waals surface area contributed by atoms with Gasteiger partial charge >= 0.3 is 0 Å². The van der Waals surface area contributed by atoms with Gasteiger partial charge in [-0.25, -0.2) is 0 Å². The molecule has 0 aliphatic heterocycles. The van der Waals surface area contributed by atoms with E-state index in [1.807, 2.05) is 12.1 Å². The topological polar surface area (TPSA) is 42.5 Å². The maximum atomic E-state index is 5.32. The molecule has 0 heterocycles. The average molecular weight is 294 g/mol. The molecule has 1 rings (SSSR count). The van der Waals surface area contributed by atoms with Gasteiger partial charge in [0.2, 0.25) is 0 Å². The van der Waals surface area contributed by atoms with Crippen LogP contribution in [-0.2, 0) is 6.42 Å². The monoisotopic (exact) mass is 294 g/mol. The lowest BCUT2D eigenvalue weighted by Gasteiger charge is -2.17. The molecular weight excluding hydrogens is 264 g/mol. The minimum Gasteiger partial charge on any atom is -0.493 e. The Hall–Kier alpha value is -1.26. The molecule has 1 aromatic rings. The fraction of sp³-hybridized carbons (Fsp3) is 0.647. The van der Waals surface area contributed by atoms with Crippen molar-refractivity contribution in [3.8, 4) is 11.5 Å². The quantitative estimate of drug-likeness (QED) is 0.651. The number of hydrogen-bond acceptors (Lipinski definition) is 4. The highest BCUT2D eigenvalue weighted by Gasteiger charge is 2.05. The van der Waals surface area contributed by atoms with E-state index in [4.69, 9.17) is 9.47 Å². The molecule has 120 valence electrons. The second-order valence-electron chi connectivity index (χ2n) is 5.70. The van der Waals surface area contributed by atoms with Crippen molar-refractivity contribution in [1.82, 2.24) is 10.6 Å². The van der Waals surface area contributed by atoms with Gasteiger partial charge in [-0.2, -0.15) is 0 Å². The Bertz CT molecular complexity index is 408. The summed E-state index contributed by atoms with van der Waals surface area (Å²) in [6, 6.07) is 7.20. The van der Waals surface area contributed by atoms with Crippen molar-refractivity contribution in [2.45, 2.75) is 45.7 Å². The minimum absolute atomic E-state index is 0.548. The Labute approximate surface area is 129 Å². The van der Waals surface area contributed by atoms with Crippen LogP contribution in [0.1, 0.15) is 32.8 Å².